The Morgan fingerprint density at radius 1 is 1.13 bits per heavy atom. The summed E-state index contributed by atoms with van der Waals surface area (Å²) in [7, 11) is 0. The van der Waals surface area contributed by atoms with Gasteiger partial charge in [-0.25, -0.2) is 0 Å². The standard InChI is InChI=1S/C20H23N.C2H6/c1-8-9-15(4)18-11-10-16(5)19(13-18)17(6)20(21-7)12-14(2)3;1-2/h8-13H,2,4,6-7H2,1,3,5H3;1-2H3/b9-8-,20-12-;. The summed E-state index contributed by atoms with van der Waals surface area (Å²) in [4.78, 5) is 4.07. The number of allylic oxidation sites excluding steroid dienone is 6. The first-order valence-corrected chi connectivity index (χ1v) is 7.87. The third kappa shape index (κ3) is 6.07. The number of hydrogen-bond acceptors (Lipinski definition) is 1. The van der Waals surface area contributed by atoms with Gasteiger partial charge in [0.25, 0.3) is 0 Å². The Labute approximate surface area is 142 Å². The van der Waals surface area contributed by atoms with Crippen LogP contribution < -0.4 is 0 Å². The fraction of sp³-hybridized carbons (Fsp3) is 0.227. The smallest absolute Gasteiger partial charge is 0.0697 e. The molecule has 122 valence electrons. The molecule has 1 rings (SSSR count). The molecule has 1 aromatic carbocycles. The Morgan fingerprint density at radius 2 is 1.74 bits per heavy atom. The molecule has 0 aliphatic heterocycles. The van der Waals surface area contributed by atoms with Crippen LogP contribution in [0.3, 0.4) is 0 Å². The molecular formula is C22H29N. The molecule has 0 heterocycles. The second-order valence-corrected chi connectivity index (χ2v) is 5.07. The van der Waals surface area contributed by atoms with Gasteiger partial charge >= 0.3 is 0 Å². The van der Waals surface area contributed by atoms with E-state index in [0.717, 1.165) is 39.1 Å². The van der Waals surface area contributed by atoms with Crippen LogP contribution in [0.1, 0.15) is 44.4 Å². The minimum atomic E-state index is 0.749. The zero-order valence-corrected chi connectivity index (χ0v) is 15.2. The van der Waals surface area contributed by atoms with Crippen LogP contribution in [0.25, 0.3) is 11.1 Å². The first-order valence-electron chi connectivity index (χ1n) is 7.87. The van der Waals surface area contributed by atoms with Gasteiger partial charge in [-0.2, -0.15) is 0 Å². The summed E-state index contributed by atoms with van der Waals surface area (Å²) >= 11 is 0. The number of benzene rings is 1. The van der Waals surface area contributed by atoms with Crippen LogP contribution in [0.4, 0.5) is 0 Å². The topological polar surface area (TPSA) is 12.4 Å². The van der Waals surface area contributed by atoms with Crippen LogP contribution in [-0.2, 0) is 0 Å². The van der Waals surface area contributed by atoms with Gasteiger partial charge < -0.3 is 0 Å². The summed E-state index contributed by atoms with van der Waals surface area (Å²) in [6.45, 7) is 25.7. The number of hydrogen-bond donors (Lipinski definition) is 0. The zero-order valence-electron chi connectivity index (χ0n) is 15.2. The summed E-state index contributed by atoms with van der Waals surface area (Å²) in [5, 5.41) is 0. The summed E-state index contributed by atoms with van der Waals surface area (Å²) in [5.41, 5.74) is 6.77. The highest BCUT2D eigenvalue weighted by atomic mass is 14.7. The molecule has 0 bridgehead atoms. The Balaban J connectivity index is 0.00000232. The van der Waals surface area contributed by atoms with E-state index in [-0.39, 0.29) is 0 Å². The molecule has 0 atom stereocenters. The van der Waals surface area contributed by atoms with E-state index in [1.165, 1.54) is 0 Å². The van der Waals surface area contributed by atoms with Gasteiger partial charge in [0.2, 0.25) is 0 Å². The van der Waals surface area contributed by atoms with Crippen LogP contribution >= 0.6 is 0 Å². The largest absolute Gasteiger partial charge is 0.264 e. The molecule has 0 saturated heterocycles. The monoisotopic (exact) mass is 307 g/mol. The zero-order chi connectivity index (χ0) is 18.0. The van der Waals surface area contributed by atoms with Gasteiger partial charge in [-0.05, 0) is 61.9 Å². The van der Waals surface area contributed by atoms with Crippen LogP contribution in [-0.4, -0.2) is 6.72 Å². The molecule has 1 heteroatoms. The predicted octanol–water partition coefficient (Wildman–Crippen LogP) is 6.78. The fourth-order valence-electron chi connectivity index (χ4n) is 2.04. The van der Waals surface area contributed by atoms with Crippen LogP contribution in [0.15, 0.2) is 72.4 Å². The summed E-state index contributed by atoms with van der Waals surface area (Å²) in [6, 6.07) is 6.24. The third-order valence-corrected chi connectivity index (χ3v) is 3.16. The SMILES string of the molecule is C=N/C(=C\C(=C)C)C(=C)c1cc(C(=C)/C=C\C)ccc1C.CC. The van der Waals surface area contributed by atoms with Crippen molar-refractivity contribution >= 4 is 17.9 Å². The lowest BCUT2D eigenvalue weighted by Crippen LogP contribution is -1.93. The highest BCUT2D eigenvalue weighted by molar-refractivity contribution is 5.83. The molecule has 0 aliphatic carbocycles. The van der Waals surface area contributed by atoms with Crippen molar-refractivity contribution in [2.75, 3.05) is 0 Å². The molecule has 0 N–H and O–H groups in total. The Morgan fingerprint density at radius 3 is 2.22 bits per heavy atom. The predicted molar refractivity (Wildman–Crippen MR) is 108 cm³/mol. The van der Waals surface area contributed by atoms with Crippen molar-refractivity contribution in [2.24, 2.45) is 4.99 Å². The molecule has 23 heavy (non-hydrogen) atoms. The van der Waals surface area contributed by atoms with E-state index >= 15 is 0 Å². The van der Waals surface area contributed by atoms with Gasteiger partial charge in [0.1, 0.15) is 0 Å². The van der Waals surface area contributed by atoms with Gasteiger partial charge in [0, 0.05) is 5.57 Å². The molecule has 0 fully saturated rings. The molecule has 0 unspecified atom stereocenters. The lowest BCUT2D eigenvalue weighted by Gasteiger charge is -2.12. The van der Waals surface area contributed by atoms with E-state index in [1.807, 2.05) is 45.9 Å². The molecule has 0 spiro atoms. The van der Waals surface area contributed by atoms with Gasteiger partial charge in [0.05, 0.1) is 5.70 Å². The highest BCUT2D eigenvalue weighted by Gasteiger charge is 2.09. The average molecular weight is 307 g/mol. The van der Waals surface area contributed by atoms with E-state index in [4.69, 9.17) is 0 Å². The number of aryl methyl sites for hydroxylation is 1. The minimum Gasteiger partial charge on any atom is -0.264 e. The molecule has 1 nitrogen and oxygen atoms in total. The van der Waals surface area contributed by atoms with Crippen LogP contribution in [0.5, 0.6) is 0 Å². The summed E-state index contributed by atoms with van der Waals surface area (Å²) < 4.78 is 0. The van der Waals surface area contributed by atoms with Crippen LogP contribution in [0, 0.1) is 6.92 Å². The highest BCUT2D eigenvalue weighted by Crippen LogP contribution is 2.28. The number of aliphatic imine (C=N–C) groups is 1. The fourth-order valence-corrected chi connectivity index (χ4v) is 2.04. The lowest BCUT2D eigenvalue weighted by molar-refractivity contribution is 1.35. The van der Waals surface area contributed by atoms with E-state index in [0.29, 0.717) is 0 Å². The third-order valence-electron chi connectivity index (χ3n) is 3.16. The molecule has 0 saturated carbocycles. The maximum atomic E-state index is 4.17. The van der Waals surface area contributed by atoms with Crippen molar-refractivity contribution in [3.05, 3.63) is 84.1 Å². The summed E-state index contributed by atoms with van der Waals surface area (Å²) in [6.07, 6.45) is 5.87. The van der Waals surface area contributed by atoms with Crippen molar-refractivity contribution in [2.45, 2.75) is 34.6 Å². The second-order valence-electron chi connectivity index (χ2n) is 5.07. The van der Waals surface area contributed by atoms with Gasteiger partial charge in [0.15, 0.2) is 0 Å². The van der Waals surface area contributed by atoms with Crippen molar-refractivity contribution in [3.63, 3.8) is 0 Å². The lowest BCUT2D eigenvalue weighted by atomic mass is 9.94. The molecule has 0 aliphatic rings. The minimum absolute atomic E-state index is 0.749. The Bertz CT molecular complexity index is 655. The molecule has 0 aromatic heterocycles. The molecule has 0 amide bonds. The first-order chi connectivity index (χ1) is 10.9. The van der Waals surface area contributed by atoms with E-state index < -0.39 is 0 Å². The first kappa shape index (κ1) is 20.6. The molecule has 1 aromatic rings. The quantitative estimate of drug-likeness (QED) is 0.405. The Kier molecular flexibility index (Phi) is 9.26. The van der Waals surface area contributed by atoms with Crippen molar-refractivity contribution in [1.29, 1.82) is 0 Å². The van der Waals surface area contributed by atoms with E-state index in [9.17, 15) is 0 Å². The Hall–Kier alpha value is -2.41. The van der Waals surface area contributed by atoms with Gasteiger partial charge in [-0.1, -0.05) is 63.4 Å². The van der Waals surface area contributed by atoms with E-state index in [2.05, 4.69) is 56.6 Å². The molecular weight excluding hydrogens is 278 g/mol. The second kappa shape index (κ2) is 10.3. The van der Waals surface area contributed by atoms with E-state index in [1.54, 1.807) is 0 Å². The number of rotatable bonds is 6. The average Bonchev–Trinajstić information content (AvgIpc) is 2.54. The van der Waals surface area contributed by atoms with Gasteiger partial charge in [-0.15, -0.1) is 0 Å². The van der Waals surface area contributed by atoms with Crippen molar-refractivity contribution in [1.82, 2.24) is 0 Å². The molecule has 0 radical (unpaired) electrons. The number of nitrogens with zero attached hydrogens (tertiary/aromatic N) is 1. The maximum Gasteiger partial charge on any atom is 0.0697 e. The van der Waals surface area contributed by atoms with Gasteiger partial charge in [-0.3, -0.25) is 4.99 Å². The van der Waals surface area contributed by atoms with Crippen molar-refractivity contribution in [3.8, 4) is 0 Å². The van der Waals surface area contributed by atoms with Crippen LogP contribution in [0.2, 0.25) is 0 Å². The normalized spacial score (nSPS) is 10.7. The van der Waals surface area contributed by atoms with Crippen molar-refractivity contribution < 1.29 is 0 Å². The maximum absolute atomic E-state index is 4.17. The summed E-state index contributed by atoms with van der Waals surface area (Å²) in [5.74, 6) is 0.